The molecule has 0 saturated heterocycles. The first kappa shape index (κ1) is 10.1. The molecule has 1 atom stereocenters. The molecule has 0 aliphatic carbocycles. The molecule has 0 amide bonds. The zero-order chi connectivity index (χ0) is 11.0. The second-order valence-corrected chi connectivity index (χ2v) is 3.35. The number of aliphatic hydroxyl groups is 1. The number of aliphatic hydroxyl groups excluding tert-OH is 1. The first-order valence-corrected chi connectivity index (χ1v) is 4.69. The number of hydrogen-bond acceptors (Lipinski definition) is 2. The maximum Gasteiger partial charge on any atom is 0.201 e. The Labute approximate surface area is 85.1 Å². The van der Waals surface area contributed by atoms with Gasteiger partial charge in [0.25, 0.3) is 0 Å². The molecule has 2 aromatic rings. The van der Waals surface area contributed by atoms with E-state index in [9.17, 15) is 13.9 Å². The van der Waals surface area contributed by atoms with Crippen LogP contribution in [-0.4, -0.2) is 5.11 Å². The standard InChI is InChI=1S/C11H10F2O2/c1-2-8(14)9-5-6-3-4-7(12)10(13)11(6)15-9/h3-5,8,14H,2H2,1H3. The van der Waals surface area contributed by atoms with Crippen molar-refractivity contribution in [2.45, 2.75) is 19.4 Å². The van der Waals surface area contributed by atoms with Gasteiger partial charge in [0.05, 0.1) is 0 Å². The van der Waals surface area contributed by atoms with E-state index in [1.165, 1.54) is 12.1 Å². The predicted octanol–water partition coefficient (Wildman–Crippen LogP) is 3.15. The van der Waals surface area contributed by atoms with Gasteiger partial charge in [-0.15, -0.1) is 0 Å². The number of halogens is 2. The Hall–Kier alpha value is -1.42. The number of furan rings is 1. The molecule has 0 bridgehead atoms. The zero-order valence-corrected chi connectivity index (χ0v) is 8.13. The summed E-state index contributed by atoms with van der Waals surface area (Å²) >= 11 is 0. The average molecular weight is 212 g/mol. The first-order valence-electron chi connectivity index (χ1n) is 4.69. The minimum atomic E-state index is -1.01. The molecule has 0 saturated carbocycles. The highest BCUT2D eigenvalue weighted by Crippen LogP contribution is 2.28. The van der Waals surface area contributed by atoms with E-state index in [1.807, 2.05) is 0 Å². The van der Waals surface area contributed by atoms with E-state index in [4.69, 9.17) is 4.42 Å². The molecule has 0 fully saturated rings. The molecule has 1 aromatic heterocycles. The molecular formula is C11H10F2O2. The Morgan fingerprint density at radius 3 is 2.80 bits per heavy atom. The molecule has 0 spiro atoms. The van der Waals surface area contributed by atoms with Crippen LogP contribution in [-0.2, 0) is 0 Å². The molecule has 2 rings (SSSR count). The quantitative estimate of drug-likeness (QED) is 0.829. The lowest BCUT2D eigenvalue weighted by molar-refractivity contribution is 0.148. The van der Waals surface area contributed by atoms with Gasteiger partial charge in [0, 0.05) is 5.39 Å². The van der Waals surface area contributed by atoms with E-state index in [1.54, 1.807) is 6.92 Å². The third-order valence-electron chi connectivity index (χ3n) is 2.31. The fourth-order valence-electron chi connectivity index (χ4n) is 1.43. The van der Waals surface area contributed by atoms with E-state index < -0.39 is 17.7 Å². The summed E-state index contributed by atoms with van der Waals surface area (Å²) in [5, 5.41) is 9.94. The monoisotopic (exact) mass is 212 g/mol. The topological polar surface area (TPSA) is 33.4 Å². The van der Waals surface area contributed by atoms with Crippen LogP contribution in [0.1, 0.15) is 25.2 Å². The molecule has 1 unspecified atom stereocenters. The Morgan fingerprint density at radius 1 is 1.40 bits per heavy atom. The molecule has 15 heavy (non-hydrogen) atoms. The highest BCUT2D eigenvalue weighted by Gasteiger charge is 2.15. The molecule has 0 radical (unpaired) electrons. The van der Waals surface area contributed by atoms with Crippen molar-refractivity contribution in [3.63, 3.8) is 0 Å². The van der Waals surface area contributed by atoms with Crippen LogP contribution < -0.4 is 0 Å². The second-order valence-electron chi connectivity index (χ2n) is 3.35. The summed E-state index contributed by atoms with van der Waals surface area (Å²) in [6.07, 6.45) is -0.316. The van der Waals surface area contributed by atoms with Crippen LogP contribution in [0.2, 0.25) is 0 Å². The van der Waals surface area contributed by atoms with E-state index in [0.29, 0.717) is 11.8 Å². The number of benzene rings is 1. The Kier molecular flexibility index (Phi) is 2.44. The lowest BCUT2D eigenvalue weighted by Crippen LogP contribution is -1.91. The minimum Gasteiger partial charge on any atom is -0.455 e. The fourth-order valence-corrected chi connectivity index (χ4v) is 1.43. The van der Waals surface area contributed by atoms with Gasteiger partial charge in [-0.05, 0) is 24.6 Å². The van der Waals surface area contributed by atoms with Crippen LogP contribution in [0.5, 0.6) is 0 Å². The maximum absolute atomic E-state index is 13.2. The third-order valence-corrected chi connectivity index (χ3v) is 2.31. The summed E-state index contributed by atoms with van der Waals surface area (Å²) < 4.78 is 31.1. The second kappa shape index (κ2) is 3.62. The Bertz CT molecular complexity index is 491. The molecule has 1 N–H and O–H groups in total. The molecule has 1 aromatic carbocycles. The van der Waals surface area contributed by atoms with Gasteiger partial charge in [-0.25, -0.2) is 4.39 Å². The van der Waals surface area contributed by atoms with Crippen molar-refractivity contribution in [3.05, 3.63) is 35.6 Å². The van der Waals surface area contributed by atoms with Gasteiger partial charge < -0.3 is 9.52 Å². The molecule has 80 valence electrons. The maximum atomic E-state index is 13.2. The van der Waals surface area contributed by atoms with Crippen molar-refractivity contribution in [1.82, 2.24) is 0 Å². The molecule has 0 aliphatic rings. The highest BCUT2D eigenvalue weighted by molar-refractivity contribution is 5.78. The lowest BCUT2D eigenvalue weighted by atomic mass is 10.2. The van der Waals surface area contributed by atoms with Crippen molar-refractivity contribution in [2.24, 2.45) is 0 Å². The van der Waals surface area contributed by atoms with Crippen LogP contribution in [0.25, 0.3) is 11.0 Å². The zero-order valence-electron chi connectivity index (χ0n) is 8.13. The normalized spacial score (nSPS) is 13.3. The Balaban J connectivity index is 2.61. The fraction of sp³-hybridized carbons (Fsp3) is 0.273. The SMILES string of the molecule is CCC(O)c1cc2ccc(F)c(F)c2o1. The molecule has 1 heterocycles. The molecule has 4 heteroatoms. The van der Waals surface area contributed by atoms with Crippen molar-refractivity contribution in [1.29, 1.82) is 0 Å². The van der Waals surface area contributed by atoms with Crippen LogP contribution in [0.4, 0.5) is 8.78 Å². The van der Waals surface area contributed by atoms with Crippen LogP contribution in [0.15, 0.2) is 22.6 Å². The highest BCUT2D eigenvalue weighted by atomic mass is 19.2. The van der Waals surface area contributed by atoms with Gasteiger partial charge in [-0.3, -0.25) is 0 Å². The van der Waals surface area contributed by atoms with E-state index in [2.05, 4.69) is 0 Å². The summed E-state index contributed by atoms with van der Waals surface area (Å²) in [6.45, 7) is 1.77. The minimum absolute atomic E-state index is 0.141. The van der Waals surface area contributed by atoms with Crippen molar-refractivity contribution < 1.29 is 18.3 Å². The summed E-state index contributed by atoms with van der Waals surface area (Å²) in [4.78, 5) is 0. The molecule has 0 aliphatic heterocycles. The number of rotatable bonds is 2. The first-order chi connectivity index (χ1) is 7.13. The van der Waals surface area contributed by atoms with Gasteiger partial charge in [0.2, 0.25) is 5.82 Å². The lowest BCUT2D eigenvalue weighted by Gasteiger charge is -2.01. The Morgan fingerprint density at radius 2 is 2.13 bits per heavy atom. The summed E-state index contributed by atoms with van der Waals surface area (Å²) in [7, 11) is 0. The summed E-state index contributed by atoms with van der Waals surface area (Å²) in [6, 6.07) is 3.98. The van der Waals surface area contributed by atoms with E-state index >= 15 is 0 Å². The smallest absolute Gasteiger partial charge is 0.201 e. The van der Waals surface area contributed by atoms with Gasteiger partial charge in [-0.1, -0.05) is 6.92 Å². The van der Waals surface area contributed by atoms with Crippen molar-refractivity contribution in [3.8, 4) is 0 Å². The molecular weight excluding hydrogens is 202 g/mol. The van der Waals surface area contributed by atoms with E-state index in [0.717, 1.165) is 6.07 Å². The molecule has 2 nitrogen and oxygen atoms in total. The predicted molar refractivity (Wildman–Crippen MR) is 51.4 cm³/mol. The average Bonchev–Trinajstić information content (AvgIpc) is 2.67. The third kappa shape index (κ3) is 1.61. The van der Waals surface area contributed by atoms with Crippen molar-refractivity contribution >= 4 is 11.0 Å². The summed E-state index contributed by atoms with van der Waals surface area (Å²) in [5.41, 5.74) is -0.141. The van der Waals surface area contributed by atoms with Crippen LogP contribution in [0, 0.1) is 11.6 Å². The van der Waals surface area contributed by atoms with Gasteiger partial charge >= 0.3 is 0 Å². The van der Waals surface area contributed by atoms with Gasteiger partial charge in [0.15, 0.2) is 11.4 Å². The van der Waals surface area contributed by atoms with Crippen molar-refractivity contribution in [2.75, 3.05) is 0 Å². The van der Waals surface area contributed by atoms with E-state index in [-0.39, 0.29) is 11.3 Å². The van der Waals surface area contributed by atoms with Crippen LogP contribution >= 0.6 is 0 Å². The van der Waals surface area contributed by atoms with Crippen LogP contribution in [0.3, 0.4) is 0 Å². The number of fused-ring (bicyclic) bond motifs is 1. The number of hydrogen-bond donors (Lipinski definition) is 1. The summed E-state index contributed by atoms with van der Waals surface area (Å²) in [5.74, 6) is -1.70. The van der Waals surface area contributed by atoms with Gasteiger partial charge in [-0.2, -0.15) is 4.39 Å². The van der Waals surface area contributed by atoms with Gasteiger partial charge in [0.1, 0.15) is 11.9 Å². The largest absolute Gasteiger partial charge is 0.455 e.